The summed E-state index contributed by atoms with van der Waals surface area (Å²) in [5.74, 6) is 1.02. The van der Waals surface area contributed by atoms with Crippen LogP contribution in [-0.4, -0.2) is 30.4 Å². The van der Waals surface area contributed by atoms with Crippen molar-refractivity contribution in [2.24, 2.45) is 5.10 Å². The first kappa shape index (κ1) is 18.0. The second-order valence-corrected chi connectivity index (χ2v) is 7.94. The normalized spacial score (nSPS) is 20.7. The van der Waals surface area contributed by atoms with E-state index in [-0.39, 0.29) is 24.4 Å². The maximum atomic E-state index is 13.8. The summed E-state index contributed by atoms with van der Waals surface area (Å²) in [6.45, 7) is 3.91. The van der Waals surface area contributed by atoms with Crippen LogP contribution in [0.1, 0.15) is 31.7 Å². The molecule has 7 heteroatoms. The molecule has 29 heavy (non-hydrogen) atoms. The Morgan fingerprint density at radius 2 is 2.10 bits per heavy atom. The van der Waals surface area contributed by atoms with E-state index in [0.717, 1.165) is 35.3 Å². The summed E-state index contributed by atoms with van der Waals surface area (Å²) in [5, 5.41) is 7.79. The summed E-state index contributed by atoms with van der Waals surface area (Å²) in [6, 6.07) is 9.22. The van der Waals surface area contributed by atoms with E-state index in [4.69, 9.17) is 4.74 Å². The van der Waals surface area contributed by atoms with Crippen molar-refractivity contribution in [2.75, 3.05) is 16.8 Å². The van der Waals surface area contributed by atoms with E-state index in [1.807, 2.05) is 30.0 Å². The van der Waals surface area contributed by atoms with Gasteiger partial charge < -0.3 is 15.0 Å². The van der Waals surface area contributed by atoms with Crippen molar-refractivity contribution in [3.8, 4) is 16.9 Å². The van der Waals surface area contributed by atoms with E-state index in [1.54, 1.807) is 13.0 Å². The number of amidine groups is 1. The molecule has 2 N–H and O–H groups in total. The molecule has 1 fully saturated rings. The topological polar surface area (TPSA) is 66.0 Å². The van der Waals surface area contributed by atoms with Crippen LogP contribution in [0.15, 0.2) is 35.4 Å². The number of hydrogen-bond donors (Lipinski definition) is 2. The predicted octanol–water partition coefficient (Wildman–Crippen LogP) is 3.80. The van der Waals surface area contributed by atoms with Crippen molar-refractivity contribution < 1.29 is 13.9 Å². The molecule has 2 heterocycles. The summed E-state index contributed by atoms with van der Waals surface area (Å²) in [6.07, 6.45) is 3.48. The Morgan fingerprint density at radius 1 is 1.28 bits per heavy atom. The summed E-state index contributed by atoms with van der Waals surface area (Å²) in [4.78, 5) is 14.1. The van der Waals surface area contributed by atoms with Gasteiger partial charge in [0, 0.05) is 17.3 Å². The number of hydrogen-bond acceptors (Lipinski definition) is 5. The molecule has 3 aliphatic rings. The first-order valence-corrected chi connectivity index (χ1v) is 10.0. The molecule has 1 amide bonds. The first-order valence-electron chi connectivity index (χ1n) is 10.0. The zero-order valence-corrected chi connectivity index (χ0v) is 16.5. The molecule has 2 aliphatic heterocycles. The first-order chi connectivity index (χ1) is 14.0. The summed E-state index contributed by atoms with van der Waals surface area (Å²) < 4.78 is 19.8. The molecule has 6 nitrogen and oxygen atoms in total. The number of halogens is 1. The van der Waals surface area contributed by atoms with Crippen LogP contribution in [0.2, 0.25) is 0 Å². The Balaban J connectivity index is 1.64. The average Bonchev–Trinajstić information content (AvgIpc) is 2.68. The summed E-state index contributed by atoms with van der Waals surface area (Å²) in [7, 11) is 0. The second-order valence-electron chi connectivity index (χ2n) is 7.94. The number of anilines is 2. The number of benzene rings is 2. The monoisotopic (exact) mass is 394 g/mol. The van der Waals surface area contributed by atoms with Gasteiger partial charge in [0.1, 0.15) is 24.2 Å². The minimum atomic E-state index is -0.374. The molecule has 1 atom stereocenters. The number of fused-ring (bicyclic) bond motifs is 3. The number of amides is 1. The molecule has 0 bridgehead atoms. The van der Waals surface area contributed by atoms with Gasteiger partial charge >= 0.3 is 0 Å². The van der Waals surface area contributed by atoms with Crippen LogP contribution < -0.4 is 20.4 Å². The van der Waals surface area contributed by atoms with Crippen molar-refractivity contribution in [1.82, 2.24) is 5.43 Å². The number of aryl methyl sites for hydroxylation is 1. The zero-order valence-electron chi connectivity index (χ0n) is 16.5. The van der Waals surface area contributed by atoms with Gasteiger partial charge in [-0.15, -0.1) is 0 Å². The average molecular weight is 394 g/mol. The zero-order chi connectivity index (χ0) is 20.1. The highest BCUT2D eigenvalue weighted by molar-refractivity contribution is 6.10. The van der Waals surface area contributed by atoms with Crippen molar-refractivity contribution in [3.63, 3.8) is 0 Å². The third kappa shape index (κ3) is 3.01. The Labute approximate surface area is 168 Å². The number of nitrogens with one attached hydrogen (secondary N) is 2. The van der Waals surface area contributed by atoms with Crippen molar-refractivity contribution in [2.45, 2.75) is 45.2 Å². The molecule has 0 aromatic heterocycles. The van der Waals surface area contributed by atoms with Gasteiger partial charge in [-0.3, -0.25) is 4.79 Å². The molecule has 150 valence electrons. The fraction of sp³-hybridized carbons (Fsp3) is 0.364. The van der Waals surface area contributed by atoms with Crippen LogP contribution in [0, 0.1) is 12.7 Å². The molecule has 2 aromatic carbocycles. The predicted molar refractivity (Wildman–Crippen MR) is 111 cm³/mol. The molecule has 1 saturated carbocycles. The lowest BCUT2D eigenvalue weighted by Crippen LogP contribution is -2.55. The third-order valence-corrected chi connectivity index (χ3v) is 5.99. The van der Waals surface area contributed by atoms with Crippen LogP contribution in [0.25, 0.3) is 11.1 Å². The van der Waals surface area contributed by atoms with Crippen molar-refractivity contribution in [1.29, 1.82) is 0 Å². The number of hydrazone groups is 1. The number of rotatable bonds is 3. The van der Waals surface area contributed by atoms with Gasteiger partial charge in [-0.05, 0) is 68.5 Å². The minimum absolute atomic E-state index is 0.145. The van der Waals surface area contributed by atoms with Crippen molar-refractivity contribution in [3.05, 3.63) is 41.7 Å². The van der Waals surface area contributed by atoms with Gasteiger partial charge in [0.2, 0.25) is 0 Å². The molecule has 5 rings (SSSR count). The van der Waals surface area contributed by atoms with Crippen LogP contribution in [-0.2, 0) is 4.79 Å². The summed E-state index contributed by atoms with van der Waals surface area (Å²) >= 11 is 0. The highest BCUT2D eigenvalue weighted by Crippen LogP contribution is 2.43. The van der Waals surface area contributed by atoms with Gasteiger partial charge in [-0.1, -0.05) is 6.07 Å². The van der Waals surface area contributed by atoms with E-state index in [1.165, 1.54) is 12.5 Å². The molecule has 0 saturated heterocycles. The molecule has 0 spiro atoms. The van der Waals surface area contributed by atoms with Gasteiger partial charge in [0.15, 0.2) is 5.84 Å². The number of carbonyl (C=O) groups excluding carboxylic acids is 1. The fourth-order valence-corrected chi connectivity index (χ4v) is 4.01. The van der Waals surface area contributed by atoms with Crippen LogP contribution in [0.5, 0.6) is 5.75 Å². The standard InChI is InChI=1S/C22H23FN4O2/c1-12-8-14(6-7-17(12)23)16-9-20-19(10-18(16)24-15-4-3-5-15)27-13(2)22(28)26-25-21(27)11-29-20/h6-10,13,15,24H,3-5,11H2,1-2H3,(H,26,28). The van der Waals surface area contributed by atoms with Gasteiger partial charge in [0.05, 0.1) is 5.69 Å². The minimum Gasteiger partial charge on any atom is -0.483 e. The van der Waals surface area contributed by atoms with Crippen molar-refractivity contribution >= 4 is 23.1 Å². The third-order valence-electron chi connectivity index (χ3n) is 5.99. The van der Waals surface area contributed by atoms with Crippen LogP contribution in [0.3, 0.4) is 0 Å². The lowest BCUT2D eigenvalue weighted by molar-refractivity contribution is -0.122. The Hall–Kier alpha value is -3.09. The second kappa shape index (κ2) is 6.76. The SMILES string of the molecule is Cc1cc(-c2cc3c(cc2NC2CCC2)N2C(=NNC(=O)C2C)CO3)ccc1F. The van der Waals surface area contributed by atoms with Crippen LogP contribution >= 0.6 is 0 Å². The number of ether oxygens (including phenoxy) is 1. The molecular formula is C22H23FN4O2. The van der Waals surface area contributed by atoms with E-state index in [2.05, 4.69) is 15.8 Å². The molecule has 2 aromatic rings. The molecule has 1 aliphatic carbocycles. The van der Waals surface area contributed by atoms with Gasteiger partial charge in [-0.25, -0.2) is 9.82 Å². The van der Waals surface area contributed by atoms with Gasteiger partial charge in [0.25, 0.3) is 5.91 Å². The van der Waals surface area contributed by atoms with E-state index >= 15 is 0 Å². The summed E-state index contributed by atoms with van der Waals surface area (Å²) in [5.41, 5.74) is 6.83. The smallest absolute Gasteiger partial charge is 0.262 e. The number of carbonyl (C=O) groups is 1. The Morgan fingerprint density at radius 3 is 2.83 bits per heavy atom. The highest BCUT2D eigenvalue weighted by Gasteiger charge is 2.36. The fourth-order valence-electron chi connectivity index (χ4n) is 4.01. The van der Waals surface area contributed by atoms with E-state index in [0.29, 0.717) is 23.2 Å². The van der Waals surface area contributed by atoms with Gasteiger partial charge in [-0.2, -0.15) is 5.10 Å². The largest absolute Gasteiger partial charge is 0.483 e. The lowest BCUT2D eigenvalue weighted by Gasteiger charge is -2.39. The Bertz CT molecular complexity index is 1030. The highest BCUT2D eigenvalue weighted by atomic mass is 19.1. The van der Waals surface area contributed by atoms with Crippen LogP contribution in [0.4, 0.5) is 15.8 Å². The van der Waals surface area contributed by atoms with E-state index < -0.39 is 0 Å². The lowest BCUT2D eigenvalue weighted by atomic mass is 9.91. The maximum absolute atomic E-state index is 13.8. The quantitative estimate of drug-likeness (QED) is 0.831. The molecule has 0 radical (unpaired) electrons. The molecular weight excluding hydrogens is 371 g/mol. The number of nitrogens with zero attached hydrogens (tertiary/aromatic N) is 2. The molecule has 1 unspecified atom stereocenters. The Kier molecular flexibility index (Phi) is 4.19. The maximum Gasteiger partial charge on any atom is 0.262 e. The van der Waals surface area contributed by atoms with E-state index in [9.17, 15) is 9.18 Å².